The van der Waals surface area contributed by atoms with Gasteiger partial charge in [0.1, 0.15) is 66.2 Å². The van der Waals surface area contributed by atoms with Crippen molar-refractivity contribution in [1.82, 2.24) is 9.13 Å². The molecule has 10 aromatic heterocycles. The van der Waals surface area contributed by atoms with E-state index in [1.54, 1.807) is 21.7 Å². The van der Waals surface area contributed by atoms with Gasteiger partial charge in [-0.15, -0.1) is 11.3 Å². The molecule has 0 N–H and O–H groups in total. The fourth-order valence-electron chi connectivity index (χ4n) is 20.8. The van der Waals surface area contributed by atoms with E-state index in [4.69, 9.17) is 8.83 Å². The summed E-state index contributed by atoms with van der Waals surface area (Å²) in [5.74, 6) is 7.76. The highest BCUT2D eigenvalue weighted by Gasteiger charge is 2.66. The molecule has 15 unspecified atom stereocenters. The maximum absolute atomic E-state index is 5.76. The first-order chi connectivity index (χ1) is 46.4. The van der Waals surface area contributed by atoms with Crippen molar-refractivity contribution >= 4 is 40.4 Å². The second-order valence-electron chi connectivity index (χ2n) is 31.6. The van der Waals surface area contributed by atoms with Gasteiger partial charge in [0, 0.05) is 155 Å². The van der Waals surface area contributed by atoms with E-state index in [-0.39, 0.29) is 21.7 Å². The monoisotopic (exact) mass is 1320 g/mol. The van der Waals surface area contributed by atoms with Crippen LogP contribution in [0.2, 0.25) is 0 Å². The molecule has 20 rings (SSSR count). The van der Waals surface area contributed by atoms with Gasteiger partial charge in [-0.2, -0.15) is 0 Å². The lowest BCUT2D eigenvalue weighted by atomic mass is 9.80. The van der Waals surface area contributed by atoms with Crippen molar-refractivity contribution in [3.63, 3.8) is 0 Å². The standard InChI is InChI=1S/2C17H22N3.2C16H19N2O.C16H19N2S/c1-12-17(2)11-14(13-8-10-19(4)16(13)17)20(12)15-7-5-6-9-18(15)3;1-12-17(2)9-15(13-10-18(3)11-14(13)17)20(12)16-7-5-6-8-19(16)4;1-11-16(2)10-13(12-7-9-19-15(12)16)18(11)14-6-4-5-8-17(14)3;1-11-16(2)8-14(12-9-19-10-13(12)16)18(11)15-6-4-5-7-17(15)3;1-11-16(2)10-13(12-7-9-19-15(12)16)18(11)14-6-4-5-8-17(14)3/h5-10,12,14H,11H2,1-4H3;5-8,10-12,15H,9H2,1-4H3;4-9,11,13H,10H2,1-3H3;4-7,9-11,14H,8H2,1-3H3;4-9,11,13H,10H2,1-3H3/q5*+1. The summed E-state index contributed by atoms with van der Waals surface area (Å²) in [7, 11) is 15.0. The summed E-state index contributed by atoms with van der Waals surface area (Å²) in [6, 6.07) is 44.2. The van der Waals surface area contributed by atoms with Crippen molar-refractivity contribution in [3.8, 4) is 0 Å². The number of aryl methyl sites for hydroxylation is 7. The summed E-state index contributed by atoms with van der Waals surface area (Å²) in [5, 5.41) is 2.26. The molecule has 0 amide bonds. The fraction of sp³-hybridized carbons (Fsp3) is 0.451. The number of aromatic nitrogens is 7. The summed E-state index contributed by atoms with van der Waals surface area (Å²) < 4.78 is 26.9. The second kappa shape index (κ2) is 22.6. The van der Waals surface area contributed by atoms with Crippen LogP contribution in [0.25, 0.3) is 0 Å². The number of furan rings is 2. The molecule has 15 atom stereocenters. The summed E-state index contributed by atoms with van der Waals surface area (Å²) in [4.78, 5) is 14.6. The molecule has 10 bridgehead atoms. The summed E-state index contributed by atoms with van der Waals surface area (Å²) >= 11 is 1.95. The van der Waals surface area contributed by atoms with Crippen molar-refractivity contribution in [3.05, 3.63) is 238 Å². The third kappa shape index (κ3) is 9.02. The molecule has 5 aliphatic heterocycles. The van der Waals surface area contributed by atoms with Crippen LogP contribution in [0.3, 0.4) is 0 Å². The van der Waals surface area contributed by atoms with Crippen LogP contribution in [-0.4, -0.2) is 39.3 Å². The van der Waals surface area contributed by atoms with Crippen LogP contribution in [0.4, 0.5) is 29.1 Å². The second-order valence-corrected chi connectivity index (χ2v) is 32.5. The zero-order valence-electron chi connectivity index (χ0n) is 60.2. The van der Waals surface area contributed by atoms with Crippen LogP contribution in [0, 0.1) is 0 Å². The van der Waals surface area contributed by atoms with E-state index in [2.05, 4.69) is 339 Å². The molecule has 5 saturated heterocycles. The van der Waals surface area contributed by atoms with Gasteiger partial charge in [-0.3, -0.25) is 24.5 Å². The molecular formula is C82H101N12O2S+5. The Morgan fingerprint density at radius 2 is 0.804 bits per heavy atom. The summed E-state index contributed by atoms with van der Waals surface area (Å²) in [6.07, 6.45) is 29.4. The molecule has 0 radical (unpaired) electrons. The van der Waals surface area contributed by atoms with Gasteiger partial charge in [-0.1, -0.05) is 51.1 Å². The van der Waals surface area contributed by atoms with E-state index in [1.807, 2.05) is 30.1 Å². The molecule has 10 aromatic rings. The molecule has 97 heavy (non-hydrogen) atoms. The lowest BCUT2D eigenvalue weighted by Crippen LogP contribution is -2.48. The lowest BCUT2D eigenvalue weighted by molar-refractivity contribution is -0.659. The van der Waals surface area contributed by atoms with Crippen molar-refractivity contribution < 1.29 is 31.7 Å². The minimum Gasteiger partial charge on any atom is -0.472 e. The van der Waals surface area contributed by atoms with Crippen LogP contribution >= 0.6 is 11.3 Å². The summed E-state index contributed by atoms with van der Waals surface area (Å²) in [6.45, 7) is 23.8. The SMILES string of the molecule is CC1N(c2cccc[n+]2C)C2CC1(C)c1c2ccn1C.CC1N(c2cccc[n+]2C)C2CC1(C)c1cn(C)cc12.CC1N(c2cccc[n+]2C)C2CC1(C)c1cocc12.CC1N(c2cccc[n+]2C)C2CC1(C)c1occc12.CC1N(c2cccc[n+]2C)C2CC1(C)c1sccc12. The Morgan fingerprint density at radius 3 is 1.31 bits per heavy atom. The average Bonchev–Trinajstić information content (AvgIpc) is 1.54. The average molecular weight is 1320 g/mol. The molecule has 0 aromatic carbocycles. The molecule has 502 valence electrons. The highest BCUT2D eigenvalue weighted by molar-refractivity contribution is 7.10. The predicted molar refractivity (Wildman–Crippen MR) is 384 cm³/mol. The number of rotatable bonds is 5. The van der Waals surface area contributed by atoms with Gasteiger partial charge in [-0.05, 0) is 108 Å². The van der Waals surface area contributed by atoms with Gasteiger partial charge in [0.25, 0.3) is 29.1 Å². The zero-order chi connectivity index (χ0) is 67.7. The third-order valence-electron chi connectivity index (χ3n) is 26.7. The summed E-state index contributed by atoms with van der Waals surface area (Å²) in [5.41, 5.74) is 13.1. The first-order valence-corrected chi connectivity index (χ1v) is 36.5. The predicted octanol–water partition coefficient (Wildman–Crippen LogP) is 13.5. The van der Waals surface area contributed by atoms with Gasteiger partial charge in [-0.25, -0.2) is 22.8 Å². The van der Waals surface area contributed by atoms with E-state index >= 15 is 0 Å². The highest BCUT2D eigenvalue weighted by atomic mass is 32.1. The maximum Gasteiger partial charge on any atom is 0.277 e. The Morgan fingerprint density at radius 1 is 0.402 bits per heavy atom. The minimum absolute atomic E-state index is 0.145. The van der Waals surface area contributed by atoms with E-state index in [1.165, 1.54) is 88.4 Å². The largest absolute Gasteiger partial charge is 0.472 e. The first-order valence-electron chi connectivity index (χ1n) is 35.6. The normalized spacial score (nSPS) is 31.5. The number of fused-ring (bicyclic) bond motifs is 25. The zero-order valence-corrected chi connectivity index (χ0v) is 61.0. The van der Waals surface area contributed by atoms with E-state index < -0.39 is 0 Å². The molecule has 15 heterocycles. The molecule has 5 aliphatic carbocycles. The van der Waals surface area contributed by atoms with Crippen LogP contribution in [0.5, 0.6) is 0 Å². The lowest BCUT2D eigenvalue weighted by Gasteiger charge is -2.34. The smallest absolute Gasteiger partial charge is 0.277 e. The van der Waals surface area contributed by atoms with Crippen LogP contribution in [0.1, 0.15) is 187 Å². The first kappa shape index (κ1) is 63.3. The third-order valence-corrected chi connectivity index (χ3v) is 27.9. The van der Waals surface area contributed by atoms with Gasteiger partial charge in [0.15, 0.2) is 0 Å². The van der Waals surface area contributed by atoms with Crippen LogP contribution in [0.15, 0.2) is 192 Å². The van der Waals surface area contributed by atoms with Gasteiger partial charge < -0.3 is 18.0 Å². The molecular weight excluding hydrogens is 1220 g/mol. The van der Waals surface area contributed by atoms with Crippen molar-refractivity contribution in [1.29, 1.82) is 0 Å². The maximum atomic E-state index is 5.76. The van der Waals surface area contributed by atoms with E-state index in [0.29, 0.717) is 65.8 Å². The number of thiophene rings is 1. The number of pyridine rings is 5. The van der Waals surface area contributed by atoms with Gasteiger partial charge in [0.05, 0.1) is 95.8 Å². The van der Waals surface area contributed by atoms with Gasteiger partial charge in [0.2, 0.25) is 0 Å². The van der Waals surface area contributed by atoms with Crippen LogP contribution in [-0.2, 0) is 76.4 Å². The van der Waals surface area contributed by atoms with Crippen LogP contribution < -0.4 is 47.3 Å². The fourth-order valence-corrected chi connectivity index (χ4v) is 22.0. The number of hydrogen-bond donors (Lipinski definition) is 0. The molecule has 0 spiro atoms. The molecule has 10 aliphatic rings. The Hall–Kier alpha value is -8.43. The minimum atomic E-state index is 0.145. The molecule has 14 nitrogen and oxygen atoms in total. The molecule has 15 heteroatoms. The van der Waals surface area contributed by atoms with Crippen molar-refractivity contribution in [2.45, 2.75) is 189 Å². The molecule has 0 saturated carbocycles. The Labute approximate surface area is 578 Å². The van der Waals surface area contributed by atoms with Crippen molar-refractivity contribution in [2.24, 2.45) is 49.3 Å². The Balaban J connectivity index is 0.0000000951. The van der Waals surface area contributed by atoms with E-state index in [9.17, 15) is 0 Å². The number of nitrogens with zero attached hydrogens (tertiary/aromatic N) is 12. The topological polar surface area (TPSA) is 71.7 Å². The number of anilines is 5. The highest BCUT2D eigenvalue weighted by Crippen LogP contribution is 2.63. The Kier molecular flexibility index (Phi) is 14.7. The van der Waals surface area contributed by atoms with E-state index in [0.717, 1.165) is 6.42 Å². The molecule has 5 fully saturated rings. The quantitative estimate of drug-likeness (QED) is 0.159. The van der Waals surface area contributed by atoms with Crippen molar-refractivity contribution in [2.75, 3.05) is 24.5 Å². The number of hydrogen-bond acceptors (Lipinski definition) is 8. The Bertz CT molecular complexity index is 4350. The van der Waals surface area contributed by atoms with Gasteiger partial charge >= 0.3 is 0 Å².